The second-order valence-electron chi connectivity index (χ2n) is 3.78. The van der Waals surface area contributed by atoms with Crippen molar-refractivity contribution in [2.75, 3.05) is 13.7 Å². The van der Waals surface area contributed by atoms with E-state index >= 15 is 0 Å². The van der Waals surface area contributed by atoms with Crippen molar-refractivity contribution < 1.29 is 14.3 Å². The minimum atomic E-state index is -0.236. The quantitative estimate of drug-likeness (QED) is 0.833. The molecule has 0 spiro atoms. The molecule has 0 saturated heterocycles. The average molecular weight is 243 g/mol. The van der Waals surface area contributed by atoms with E-state index < -0.39 is 0 Å². The summed E-state index contributed by atoms with van der Waals surface area (Å²) in [5, 5.41) is 4.24. The summed E-state index contributed by atoms with van der Waals surface area (Å²) in [6.45, 7) is -0.102. The minimum absolute atomic E-state index is 0.102. The highest BCUT2D eigenvalue weighted by Crippen LogP contribution is 2.26. The number of aldehydes is 1. The summed E-state index contributed by atoms with van der Waals surface area (Å²) in [4.78, 5) is 22.3. The zero-order valence-electron chi connectivity index (χ0n) is 9.97. The second kappa shape index (κ2) is 5.31. The molecule has 4 heteroatoms. The van der Waals surface area contributed by atoms with Gasteiger partial charge in [0.05, 0.1) is 5.56 Å². The van der Waals surface area contributed by atoms with E-state index in [2.05, 4.69) is 5.32 Å². The number of amides is 1. The molecule has 0 heterocycles. The molecule has 2 aromatic carbocycles. The van der Waals surface area contributed by atoms with E-state index in [1.807, 2.05) is 30.3 Å². The number of carbonyl (C=O) groups excluding carboxylic acids is 2. The molecule has 0 saturated carbocycles. The van der Waals surface area contributed by atoms with Gasteiger partial charge >= 0.3 is 0 Å². The largest absolute Gasteiger partial charge is 0.483 e. The van der Waals surface area contributed by atoms with E-state index in [0.29, 0.717) is 11.3 Å². The Bertz CT molecular complexity index is 593. The number of hydrogen-bond donors (Lipinski definition) is 1. The van der Waals surface area contributed by atoms with Crippen molar-refractivity contribution in [1.82, 2.24) is 5.32 Å². The van der Waals surface area contributed by atoms with Gasteiger partial charge in [-0.15, -0.1) is 0 Å². The van der Waals surface area contributed by atoms with Crippen LogP contribution in [-0.4, -0.2) is 25.8 Å². The highest BCUT2D eigenvalue weighted by Gasteiger charge is 2.09. The van der Waals surface area contributed by atoms with Crippen molar-refractivity contribution in [3.8, 4) is 5.75 Å². The number of likely N-dealkylation sites (N-methyl/N-ethyl adjacent to an activating group) is 1. The Morgan fingerprint density at radius 3 is 2.78 bits per heavy atom. The van der Waals surface area contributed by atoms with Crippen molar-refractivity contribution in [3.05, 3.63) is 42.0 Å². The molecule has 0 radical (unpaired) electrons. The average Bonchev–Trinajstić information content (AvgIpc) is 2.43. The maximum Gasteiger partial charge on any atom is 0.257 e. The molecule has 0 atom stereocenters. The van der Waals surface area contributed by atoms with E-state index in [9.17, 15) is 9.59 Å². The third kappa shape index (κ3) is 2.32. The lowest BCUT2D eigenvalue weighted by Crippen LogP contribution is -2.25. The van der Waals surface area contributed by atoms with Gasteiger partial charge in [0, 0.05) is 7.05 Å². The van der Waals surface area contributed by atoms with Crippen molar-refractivity contribution in [2.45, 2.75) is 0 Å². The number of hydrogen-bond acceptors (Lipinski definition) is 3. The summed E-state index contributed by atoms with van der Waals surface area (Å²) in [6, 6.07) is 11.1. The smallest absolute Gasteiger partial charge is 0.257 e. The van der Waals surface area contributed by atoms with Gasteiger partial charge in [0.25, 0.3) is 5.91 Å². The molecule has 0 fully saturated rings. The van der Waals surface area contributed by atoms with Crippen LogP contribution in [0.4, 0.5) is 0 Å². The van der Waals surface area contributed by atoms with Crippen LogP contribution in [0.5, 0.6) is 5.75 Å². The number of nitrogens with one attached hydrogen (secondary N) is 1. The maximum atomic E-state index is 11.2. The first-order valence-corrected chi connectivity index (χ1v) is 5.56. The molecule has 4 nitrogen and oxygen atoms in total. The summed E-state index contributed by atoms with van der Waals surface area (Å²) in [5.74, 6) is 0.187. The van der Waals surface area contributed by atoms with Crippen LogP contribution in [0.15, 0.2) is 36.4 Å². The highest BCUT2D eigenvalue weighted by molar-refractivity contribution is 6.00. The fourth-order valence-corrected chi connectivity index (χ4v) is 1.74. The van der Waals surface area contributed by atoms with Gasteiger partial charge in [0.2, 0.25) is 0 Å². The zero-order valence-corrected chi connectivity index (χ0v) is 9.97. The summed E-state index contributed by atoms with van der Waals surface area (Å²) >= 11 is 0. The molecule has 2 aromatic rings. The molecule has 0 bridgehead atoms. The van der Waals surface area contributed by atoms with Crippen molar-refractivity contribution in [2.24, 2.45) is 0 Å². The molecule has 0 aromatic heterocycles. The molecule has 1 N–H and O–H groups in total. The van der Waals surface area contributed by atoms with Crippen LogP contribution in [0.2, 0.25) is 0 Å². The third-order valence-corrected chi connectivity index (χ3v) is 2.69. The Labute approximate surface area is 105 Å². The molecule has 0 aliphatic carbocycles. The maximum absolute atomic E-state index is 11.2. The van der Waals surface area contributed by atoms with E-state index in [1.165, 1.54) is 7.05 Å². The normalized spacial score (nSPS) is 10.1. The molecule has 0 unspecified atom stereocenters. The van der Waals surface area contributed by atoms with Gasteiger partial charge in [-0.3, -0.25) is 9.59 Å². The summed E-state index contributed by atoms with van der Waals surface area (Å²) in [6.07, 6.45) is 0.752. The summed E-state index contributed by atoms with van der Waals surface area (Å²) < 4.78 is 5.35. The van der Waals surface area contributed by atoms with Crippen LogP contribution < -0.4 is 10.1 Å². The standard InChI is InChI=1S/C14H13NO3/c1-15-14(17)9-18-13-7-6-10-4-2-3-5-11(10)12(13)8-16/h2-8H,9H2,1H3,(H,15,17). The lowest BCUT2D eigenvalue weighted by Gasteiger charge is -2.09. The summed E-state index contributed by atoms with van der Waals surface area (Å²) in [7, 11) is 1.53. The summed E-state index contributed by atoms with van der Waals surface area (Å²) in [5.41, 5.74) is 0.469. The number of ether oxygens (including phenoxy) is 1. The Hall–Kier alpha value is -2.36. The molecule has 92 valence electrons. The Balaban J connectivity index is 2.38. The van der Waals surface area contributed by atoms with Crippen LogP contribution in [0, 0.1) is 0 Å². The topological polar surface area (TPSA) is 55.4 Å². The van der Waals surface area contributed by atoms with Gasteiger partial charge in [-0.25, -0.2) is 0 Å². The monoisotopic (exact) mass is 243 g/mol. The molecule has 1 amide bonds. The molecule has 2 rings (SSSR count). The molecule has 18 heavy (non-hydrogen) atoms. The number of benzene rings is 2. The second-order valence-corrected chi connectivity index (χ2v) is 3.78. The highest BCUT2D eigenvalue weighted by atomic mass is 16.5. The van der Waals surface area contributed by atoms with E-state index in [0.717, 1.165) is 17.1 Å². The van der Waals surface area contributed by atoms with Crippen LogP contribution in [0.25, 0.3) is 10.8 Å². The first kappa shape index (κ1) is 12.1. The van der Waals surface area contributed by atoms with Crippen molar-refractivity contribution in [1.29, 1.82) is 0 Å². The van der Waals surface area contributed by atoms with Crippen molar-refractivity contribution >= 4 is 23.0 Å². The first-order chi connectivity index (χ1) is 8.76. The predicted molar refractivity (Wildman–Crippen MR) is 68.9 cm³/mol. The van der Waals surface area contributed by atoms with Crippen molar-refractivity contribution in [3.63, 3.8) is 0 Å². The molecule has 0 aliphatic rings. The fourth-order valence-electron chi connectivity index (χ4n) is 1.74. The SMILES string of the molecule is CNC(=O)COc1ccc2ccccc2c1C=O. The van der Waals surface area contributed by atoms with Crippen LogP contribution in [-0.2, 0) is 4.79 Å². The van der Waals surface area contributed by atoms with Crippen LogP contribution in [0.3, 0.4) is 0 Å². The van der Waals surface area contributed by atoms with E-state index in [4.69, 9.17) is 4.74 Å². The lowest BCUT2D eigenvalue weighted by atomic mass is 10.0. The zero-order chi connectivity index (χ0) is 13.0. The van der Waals surface area contributed by atoms with Crippen LogP contribution >= 0.6 is 0 Å². The van der Waals surface area contributed by atoms with Gasteiger partial charge in [-0.1, -0.05) is 30.3 Å². The van der Waals surface area contributed by atoms with Gasteiger partial charge < -0.3 is 10.1 Å². The van der Waals surface area contributed by atoms with Gasteiger partial charge in [-0.05, 0) is 16.8 Å². The Kier molecular flexibility index (Phi) is 3.57. The molecular weight excluding hydrogens is 230 g/mol. The predicted octanol–water partition coefficient (Wildman–Crippen LogP) is 1.78. The molecule has 0 aliphatic heterocycles. The van der Waals surface area contributed by atoms with E-state index in [1.54, 1.807) is 6.07 Å². The van der Waals surface area contributed by atoms with Gasteiger partial charge in [0.15, 0.2) is 12.9 Å². The Morgan fingerprint density at radius 2 is 2.06 bits per heavy atom. The fraction of sp³-hybridized carbons (Fsp3) is 0.143. The van der Waals surface area contributed by atoms with E-state index in [-0.39, 0.29) is 12.5 Å². The van der Waals surface area contributed by atoms with Gasteiger partial charge in [0.1, 0.15) is 5.75 Å². The number of fused-ring (bicyclic) bond motifs is 1. The van der Waals surface area contributed by atoms with Crippen LogP contribution in [0.1, 0.15) is 10.4 Å². The number of rotatable bonds is 4. The first-order valence-electron chi connectivity index (χ1n) is 5.56. The Morgan fingerprint density at radius 1 is 1.28 bits per heavy atom. The lowest BCUT2D eigenvalue weighted by molar-refractivity contribution is -0.122. The minimum Gasteiger partial charge on any atom is -0.483 e. The number of carbonyl (C=O) groups is 2. The third-order valence-electron chi connectivity index (χ3n) is 2.69. The molecular formula is C14H13NO3. The van der Waals surface area contributed by atoms with Gasteiger partial charge in [-0.2, -0.15) is 0 Å².